The van der Waals surface area contributed by atoms with Crippen molar-refractivity contribution in [2.75, 3.05) is 0 Å². The van der Waals surface area contributed by atoms with Gasteiger partial charge in [-0.1, -0.05) is 97.1 Å². The largest absolute Gasteiger partial charge is 0.374 e. The van der Waals surface area contributed by atoms with Gasteiger partial charge in [0.25, 0.3) is 0 Å². The van der Waals surface area contributed by atoms with E-state index >= 15 is 0 Å². The van der Waals surface area contributed by atoms with Gasteiger partial charge in [-0.25, -0.2) is 6.07 Å². The SMILES string of the molecule is C[Si](C)(C)c1cnc(-c2[c-]cccc2)nc1.[B].[Ir].[Y].[c-]1ccc(-c2[c-]cc3ccc4ccccc4c3c2)[c-]c1-c1nc2ccccc2n1-c1ccccc1. The molecule has 0 N–H and O–H groups in total. The van der Waals surface area contributed by atoms with Gasteiger partial charge < -0.3 is 15.6 Å². The minimum Gasteiger partial charge on any atom is -0.374 e. The molecule has 0 aliphatic rings. The maximum atomic E-state index is 4.98. The fourth-order valence-corrected chi connectivity index (χ4v) is 7.12. The topological polar surface area (TPSA) is 43.6 Å². The van der Waals surface area contributed by atoms with Gasteiger partial charge in [0, 0.05) is 79.3 Å². The van der Waals surface area contributed by atoms with Gasteiger partial charge in [-0.2, -0.15) is 5.56 Å². The Morgan fingerprint density at radius 1 is 0.611 bits per heavy atom. The number of rotatable bonds is 5. The summed E-state index contributed by atoms with van der Waals surface area (Å²) < 4.78 is 2.18. The van der Waals surface area contributed by atoms with E-state index in [1.54, 1.807) is 0 Å². The van der Waals surface area contributed by atoms with E-state index in [2.05, 4.69) is 125 Å². The van der Waals surface area contributed by atoms with Gasteiger partial charge in [-0.05, 0) is 46.0 Å². The molecular weight excluding hydrogens is 929 g/mol. The van der Waals surface area contributed by atoms with Crippen molar-refractivity contribution in [1.82, 2.24) is 19.5 Å². The van der Waals surface area contributed by atoms with Crippen molar-refractivity contribution in [1.29, 1.82) is 0 Å². The number of nitrogens with zero attached hydrogens (tertiary/aromatic N) is 4. The molecule has 9 rings (SSSR count). The first kappa shape index (κ1) is 40.8. The van der Waals surface area contributed by atoms with E-state index in [-0.39, 0.29) is 61.2 Å². The van der Waals surface area contributed by atoms with Crippen LogP contribution in [-0.2, 0) is 52.8 Å². The van der Waals surface area contributed by atoms with Gasteiger partial charge in [0.2, 0.25) is 0 Å². The molecular formula is C46H34BIrN4SiY-4. The molecule has 0 aliphatic heterocycles. The van der Waals surface area contributed by atoms with Crippen molar-refractivity contribution >= 4 is 54.3 Å². The molecule has 0 fully saturated rings. The van der Waals surface area contributed by atoms with Crippen LogP contribution in [0.2, 0.25) is 19.6 Å². The first-order valence-electron chi connectivity index (χ1n) is 17.0. The number of aromatic nitrogens is 4. The molecule has 0 saturated carbocycles. The average molecular weight is 963 g/mol. The molecule has 0 unspecified atom stereocenters. The predicted octanol–water partition coefficient (Wildman–Crippen LogP) is 10.2. The summed E-state index contributed by atoms with van der Waals surface area (Å²) >= 11 is 0. The van der Waals surface area contributed by atoms with E-state index in [9.17, 15) is 0 Å². The molecule has 0 saturated heterocycles. The normalized spacial score (nSPS) is 10.8. The smallest absolute Gasteiger partial charge is 0.0815 e. The van der Waals surface area contributed by atoms with Gasteiger partial charge in [0.15, 0.2) is 0 Å². The van der Waals surface area contributed by atoms with Crippen molar-refractivity contribution in [3.05, 3.63) is 176 Å². The Labute approximate surface area is 359 Å². The van der Waals surface area contributed by atoms with Crippen LogP contribution in [0.1, 0.15) is 0 Å². The Morgan fingerprint density at radius 2 is 1.31 bits per heavy atom. The second-order valence-corrected chi connectivity index (χ2v) is 18.5. The van der Waals surface area contributed by atoms with E-state index in [4.69, 9.17) is 4.98 Å². The Morgan fingerprint density at radius 3 is 2.07 bits per heavy atom. The molecule has 0 amide bonds. The van der Waals surface area contributed by atoms with E-state index < -0.39 is 8.07 Å². The number of hydrogen-bond donors (Lipinski definition) is 0. The minimum atomic E-state index is -1.29. The molecule has 0 spiro atoms. The van der Waals surface area contributed by atoms with Gasteiger partial charge in [-0.15, -0.1) is 54.1 Å². The Balaban J connectivity index is 0.000000252. The minimum absolute atomic E-state index is 0. The molecule has 2 heterocycles. The summed E-state index contributed by atoms with van der Waals surface area (Å²) in [5.74, 6) is 1.58. The molecule has 7 aromatic carbocycles. The van der Waals surface area contributed by atoms with Crippen LogP contribution in [0.4, 0.5) is 0 Å². The summed E-state index contributed by atoms with van der Waals surface area (Å²) in [5, 5.41) is 6.16. The van der Waals surface area contributed by atoms with Crippen molar-refractivity contribution in [3.8, 4) is 39.6 Å². The van der Waals surface area contributed by atoms with E-state index in [1.165, 1.54) is 26.7 Å². The maximum Gasteiger partial charge on any atom is 0.0815 e. The first-order valence-corrected chi connectivity index (χ1v) is 20.5. The quantitative estimate of drug-likeness (QED) is 0.0981. The van der Waals surface area contributed by atoms with Gasteiger partial charge >= 0.3 is 0 Å². The van der Waals surface area contributed by atoms with Crippen LogP contribution in [-0.4, -0.2) is 36.0 Å². The average Bonchev–Trinajstić information content (AvgIpc) is 3.58. The third-order valence-electron chi connectivity index (χ3n) is 8.97. The van der Waals surface area contributed by atoms with Crippen molar-refractivity contribution < 1.29 is 52.8 Å². The zero-order valence-electron chi connectivity index (χ0n) is 30.2. The predicted molar refractivity (Wildman–Crippen MR) is 218 cm³/mol. The van der Waals surface area contributed by atoms with E-state index in [1.807, 2.05) is 85.2 Å². The molecule has 0 bridgehead atoms. The monoisotopic (exact) mass is 963 g/mol. The summed E-state index contributed by atoms with van der Waals surface area (Å²) in [6, 6.07) is 61.0. The van der Waals surface area contributed by atoms with Crippen LogP contribution in [0, 0.1) is 24.3 Å². The summed E-state index contributed by atoms with van der Waals surface area (Å²) in [6.45, 7) is 6.88. The first-order chi connectivity index (χ1) is 24.9. The Kier molecular flexibility index (Phi) is 13.5. The van der Waals surface area contributed by atoms with E-state index in [0.29, 0.717) is 0 Å². The van der Waals surface area contributed by atoms with Crippen molar-refractivity contribution in [3.63, 3.8) is 0 Å². The van der Waals surface area contributed by atoms with Gasteiger partial charge in [0.05, 0.1) is 24.9 Å². The van der Waals surface area contributed by atoms with Crippen LogP contribution in [0.5, 0.6) is 0 Å². The molecule has 8 heteroatoms. The molecule has 261 valence electrons. The summed E-state index contributed by atoms with van der Waals surface area (Å²) in [6.07, 6.45) is 3.91. The van der Waals surface area contributed by atoms with E-state index in [0.717, 1.165) is 50.6 Å². The van der Waals surface area contributed by atoms with Crippen molar-refractivity contribution in [2.45, 2.75) is 19.6 Å². The Hall–Kier alpha value is -4.35. The third-order valence-corrected chi connectivity index (χ3v) is 11.0. The second-order valence-electron chi connectivity index (χ2n) is 13.4. The fourth-order valence-electron chi connectivity index (χ4n) is 6.21. The zero-order valence-corrected chi connectivity index (χ0v) is 36.4. The fraction of sp³-hybridized carbons (Fsp3) is 0.0652. The standard InChI is InChI=1S/C33H19N2.C13H15N2Si.B.Ir.Y/c1-2-12-28(13-3-1)35-32-16-7-6-15-31(32)34-33(35)27-11-8-10-25(21-27)26-20-19-24-18-17-23-9-4-5-14-29(23)30(24)22-26;1-16(2,3)12-9-14-13(15-10-12)11-7-5-4-6-8-11;;;/h1-10,12-19,22H;4-7,9-10H,1-3H3;;;/q-3;-1;;;. The van der Waals surface area contributed by atoms with Crippen LogP contribution < -0.4 is 5.19 Å². The van der Waals surface area contributed by atoms with Crippen LogP contribution >= 0.6 is 0 Å². The molecule has 4 nitrogen and oxygen atoms in total. The van der Waals surface area contributed by atoms with Crippen LogP contribution in [0.25, 0.3) is 72.2 Å². The molecule has 9 aromatic rings. The maximum absolute atomic E-state index is 4.98. The number of fused-ring (bicyclic) bond motifs is 4. The molecule has 5 radical (unpaired) electrons. The number of imidazole rings is 1. The summed E-state index contributed by atoms with van der Waals surface area (Å²) in [4.78, 5) is 13.8. The Bertz CT molecular complexity index is 2630. The van der Waals surface area contributed by atoms with Gasteiger partial charge in [-0.3, -0.25) is 33.2 Å². The van der Waals surface area contributed by atoms with Crippen molar-refractivity contribution in [2.24, 2.45) is 0 Å². The number of benzene rings is 7. The zero-order chi connectivity index (χ0) is 34.8. The summed E-state index contributed by atoms with van der Waals surface area (Å²) in [5.41, 5.74) is 6.82. The molecule has 2 aromatic heterocycles. The molecule has 0 aliphatic carbocycles. The molecule has 54 heavy (non-hydrogen) atoms. The summed E-state index contributed by atoms with van der Waals surface area (Å²) in [7, 11) is -1.29. The number of hydrogen-bond acceptors (Lipinski definition) is 3. The second kappa shape index (κ2) is 17.9. The number of para-hydroxylation sites is 3. The third kappa shape index (κ3) is 8.62. The van der Waals surface area contributed by atoms with Crippen LogP contribution in [0.15, 0.2) is 152 Å². The van der Waals surface area contributed by atoms with Crippen LogP contribution in [0.3, 0.4) is 0 Å². The molecule has 0 atom stereocenters. The van der Waals surface area contributed by atoms with Gasteiger partial charge in [0.1, 0.15) is 0 Å².